The van der Waals surface area contributed by atoms with Crippen molar-refractivity contribution in [3.8, 4) is 0 Å². The fourth-order valence-corrected chi connectivity index (χ4v) is 4.02. The summed E-state index contributed by atoms with van der Waals surface area (Å²) in [7, 11) is 0. The molecule has 1 aromatic rings. The molecule has 9 nitrogen and oxygen atoms in total. The number of rotatable bonds is 4. The second-order valence-corrected chi connectivity index (χ2v) is 7.23. The Morgan fingerprint density at radius 3 is 2.77 bits per heavy atom. The number of hydrogen-bond acceptors (Lipinski definition) is 5. The number of carbonyl (C=O) groups excluding carboxylic acids is 2. The Bertz CT molecular complexity index is 801. The molecule has 0 bridgehead atoms. The first kappa shape index (κ1) is 18.4. The lowest BCUT2D eigenvalue weighted by Crippen LogP contribution is -2.55. The number of H-pyrrole nitrogens is 2. The smallest absolute Gasteiger partial charge is 0.325 e. The number of hydrogen-bond donors (Lipinski definition) is 3. The second-order valence-electron chi connectivity index (χ2n) is 7.23. The van der Waals surface area contributed by atoms with Gasteiger partial charge >= 0.3 is 5.69 Å². The van der Waals surface area contributed by atoms with Crippen molar-refractivity contribution in [3.63, 3.8) is 0 Å². The van der Waals surface area contributed by atoms with Crippen LogP contribution in [0.3, 0.4) is 0 Å². The van der Waals surface area contributed by atoms with Crippen molar-refractivity contribution in [2.24, 2.45) is 5.41 Å². The van der Waals surface area contributed by atoms with E-state index in [9.17, 15) is 19.2 Å². The van der Waals surface area contributed by atoms with E-state index in [1.165, 1.54) is 6.20 Å². The molecule has 3 N–H and O–H groups in total. The first-order chi connectivity index (χ1) is 12.4. The van der Waals surface area contributed by atoms with Gasteiger partial charge in [-0.25, -0.2) is 4.79 Å². The SMILES string of the molecule is O=C1CC[C@]2(CCCN(C(=O)Cc3c[nH]c(=O)[nH]c3=O)C2)CN1CCO. The van der Waals surface area contributed by atoms with E-state index in [-0.39, 0.29) is 35.8 Å². The fraction of sp³-hybridized carbons (Fsp3) is 0.647. The Hall–Kier alpha value is -2.42. The molecule has 1 spiro atoms. The zero-order chi connectivity index (χ0) is 18.7. The molecule has 26 heavy (non-hydrogen) atoms. The van der Waals surface area contributed by atoms with E-state index in [1.54, 1.807) is 9.80 Å². The van der Waals surface area contributed by atoms with E-state index in [1.807, 2.05) is 0 Å². The van der Waals surface area contributed by atoms with E-state index in [0.29, 0.717) is 32.6 Å². The number of aromatic amines is 2. The van der Waals surface area contributed by atoms with Crippen LogP contribution in [-0.4, -0.2) is 69.5 Å². The van der Waals surface area contributed by atoms with E-state index in [2.05, 4.69) is 9.97 Å². The van der Waals surface area contributed by atoms with Crippen LogP contribution < -0.4 is 11.2 Å². The van der Waals surface area contributed by atoms with Crippen LogP contribution in [0, 0.1) is 5.41 Å². The average molecular weight is 364 g/mol. The normalized spacial score (nSPS) is 23.5. The zero-order valence-electron chi connectivity index (χ0n) is 14.6. The molecule has 0 unspecified atom stereocenters. The van der Waals surface area contributed by atoms with Crippen LogP contribution in [0.5, 0.6) is 0 Å². The van der Waals surface area contributed by atoms with Gasteiger partial charge in [0, 0.05) is 49.8 Å². The van der Waals surface area contributed by atoms with Crippen LogP contribution in [0.4, 0.5) is 0 Å². The summed E-state index contributed by atoms with van der Waals surface area (Å²) in [6.45, 7) is 1.97. The molecule has 0 aromatic carbocycles. The van der Waals surface area contributed by atoms with E-state index in [0.717, 1.165) is 19.3 Å². The highest BCUT2D eigenvalue weighted by atomic mass is 16.3. The van der Waals surface area contributed by atoms with Crippen LogP contribution in [0.2, 0.25) is 0 Å². The highest BCUT2D eigenvalue weighted by Gasteiger charge is 2.42. The van der Waals surface area contributed by atoms with Crippen molar-refractivity contribution in [1.82, 2.24) is 19.8 Å². The summed E-state index contributed by atoms with van der Waals surface area (Å²) in [4.78, 5) is 55.5. The summed E-state index contributed by atoms with van der Waals surface area (Å²) in [5.41, 5.74) is -1.06. The van der Waals surface area contributed by atoms with E-state index >= 15 is 0 Å². The van der Waals surface area contributed by atoms with Gasteiger partial charge in [0.1, 0.15) is 0 Å². The highest BCUT2D eigenvalue weighted by Crippen LogP contribution is 2.38. The molecule has 2 amide bonds. The third-order valence-electron chi connectivity index (χ3n) is 5.37. The molecule has 2 aliphatic rings. The Balaban J connectivity index is 1.69. The predicted octanol–water partition coefficient (Wildman–Crippen LogP) is -1.17. The zero-order valence-corrected chi connectivity index (χ0v) is 14.6. The standard InChI is InChI=1S/C17H24N4O5/c22-7-6-21-11-17(4-2-13(21)23)3-1-5-20(10-17)14(24)8-12-9-18-16(26)19-15(12)25/h9,22H,1-8,10-11H2,(H2,18,19,25,26)/t17-/m0/s1. The lowest BCUT2D eigenvalue weighted by molar-refractivity contribution is -0.143. The topological polar surface area (TPSA) is 127 Å². The number of carbonyl (C=O) groups is 2. The summed E-state index contributed by atoms with van der Waals surface area (Å²) in [5.74, 6) is -0.111. The Morgan fingerprint density at radius 2 is 2.04 bits per heavy atom. The van der Waals surface area contributed by atoms with Gasteiger partial charge in [-0.1, -0.05) is 0 Å². The number of amides is 2. The number of piperidine rings is 2. The van der Waals surface area contributed by atoms with Crippen LogP contribution in [-0.2, 0) is 16.0 Å². The van der Waals surface area contributed by atoms with Gasteiger partial charge in [0.05, 0.1) is 13.0 Å². The Morgan fingerprint density at radius 1 is 1.23 bits per heavy atom. The summed E-state index contributed by atoms with van der Waals surface area (Å²) in [5, 5.41) is 9.16. The molecular formula is C17H24N4O5. The van der Waals surface area contributed by atoms with Crippen molar-refractivity contribution < 1.29 is 14.7 Å². The maximum absolute atomic E-state index is 12.7. The van der Waals surface area contributed by atoms with Gasteiger partial charge in [-0.3, -0.25) is 19.4 Å². The third-order valence-corrected chi connectivity index (χ3v) is 5.37. The number of likely N-dealkylation sites (tertiary alicyclic amines) is 2. The number of nitrogens with one attached hydrogen (secondary N) is 2. The monoisotopic (exact) mass is 364 g/mol. The molecule has 2 saturated heterocycles. The average Bonchev–Trinajstić information content (AvgIpc) is 2.61. The molecule has 2 aliphatic heterocycles. The molecule has 0 aliphatic carbocycles. The molecular weight excluding hydrogens is 340 g/mol. The van der Waals surface area contributed by atoms with Gasteiger partial charge in [0.2, 0.25) is 11.8 Å². The maximum atomic E-state index is 12.7. The molecule has 1 aromatic heterocycles. The van der Waals surface area contributed by atoms with E-state index < -0.39 is 11.2 Å². The summed E-state index contributed by atoms with van der Waals surface area (Å²) >= 11 is 0. The second kappa shape index (κ2) is 7.45. The van der Waals surface area contributed by atoms with Crippen molar-refractivity contribution >= 4 is 11.8 Å². The molecule has 0 saturated carbocycles. The molecule has 3 heterocycles. The van der Waals surface area contributed by atoms with Crippen molar-refractivity contribution in [3.05, 3.63) is 32.6 Å². The van der Waals surface area contributed by atoms with Crippen LogP contribution in [0.1, 0.15) is 31.2 Å². The third kappa shape index (κ3) is 3.87. The number of aromatic nitrogens is 2. The lowest BCUT2D eigenvalue weighted by Gasteiger charge is -2.48. The van der Waals surface area contributed by atoms with Crippen LogP contribution >= 0.6 is 0 Å². The molecule has 0 radical (unpaired) electrons. The number of nitrogens with zero attached hydrogens (tertiary/aromatic N) is 2. The minimum absolute atomic E-state index is 0.0490. The molecule has 142 valence electrons. The van der Waals surface area contributed by atoms with Gasteiger partial charge in [-0.05, 0) is 19.3 Å². The fourth-order valence-electron chi connectivity index (χ4n) is 4.02. The lowest BCUT2D eigenvalue weighted by atomic mass is 9.73. The molecule has 1 atom stereocenters. The van der Waals surface area contributed by atoms with E-state index in [4.69, 9.17) is 5.11 Å². The summed E-state index contributed by atoms with van der Waals surface area (Å²) in [6.07, 6.45) is 4.15. The largest absolute Gasteiger partial charge is 0.395 e. The van der Waals surface area contributed by atoms with Gasteiger partial charge in [0.15, 0.2) is 0 Å². The van der Waals surface area contributed by atoms with Gasteiger partial charge < -0.3 is 19.9 Å². The van der Waals surface area contributed by atoms with Crippen LogP contribution in [0.15, 0.2) is 15.8 Å². The van der Waals surface area contributed by atoms with Crippen molar-refractivity contribution in [2.45, 2.75) is 32.1 Å². The van der Waals surface area contributed by atoms with Crippen molar-refractivity contribution in [1.29, 1.82) is 0 Å². The minimum atomic E-state index is -0.598. The number of aliphatic hydroxyl groups is 1. The summed E-state index contributed by atoms with van der Waals surface area (Å²) in [6, 6.07) is 0. The minimum Gasteiger partial charge on any atom is -0.395 e. The van der Waals surface area contributed by atoms with Gasteiger partial charge in [0.25, 0.3) is 5.56 Å². The van der Waals surface area contributed by atoms with Gasteiger partial charge in [-0.2, -0.15) is 0 Å². The van der Waals surface area contributed by atoms with Crippen LogP contribution in [0.25, 0.3) is 0 Å². The first-order valence-electron chi connectivity index (χ1n) is 8.90. The predicted molar refractivity (Wildman–Crippen MR) is 92.5 cm³/mol. The molecule has 3 rings (SSSR count). The molecule has 2 fully saturated rings. The molecule has 9 heteroatoms. The Kier molecular flexibility index (Phi) is 5.26. The number of aliphatic hydroxyl groups excluding tert-OH is 1. The first-order valence-corrected chi connectivity index (χ1v) is 8.90. The maximum Gasteiger partial charge on any atom is 0.325 e. The van der Waals surface area contributed by atoms with Crippen molar-refractivity contribution in [2.75, 3.05) is 32.8 Å². The number of β-amino-alcohol motifs (C(OH)–C–C–N with tert-alkyl or cyclic N) is 1. The van der Waals surface area contributed by atoms with Gasteiger partial charge in [-0.15, -0.1) is 0 Å². The quantitative estimate of drug-likeness (QED) is 0.620. The summed E-state index contributed by atoms with van der Waals surface area (Å²) < 4.78 is 0. The highest BCUT2D eigenvalue weighted by molar-refractivity contribution is 5.79. The Labute approximate surface area is 150 Å².